The lowest BCUT2D eigenvalue weighted by Gasteiger charge is -2.13. The highest BCUT2D eigenvalue weighted by atomic mass is 15.0. The Labute approximate surface area is 70.8 Å². The van der Waals surface area contributed by atoms with E-state index in [0.717, 1.165) is 12.1 Å². The van der Waals surface area contributed by atoms with Crippen LogP contribution in [0.5, 0.6) is 0 Å². The maximum absolute atomic E-state index is 4.23. The molecule has 0 unspecified atom stereocenters. The van der Waals surface area contributed by atoms with Crippen LogP contribution in [-0.4, -0.2) is 9.55 Å². The molecule has 2 heterocycles. The zero-order chi connectivity index (χ0) is 7.97. The largest absolute Gasteiger partial charge is 0.321 e. The summed E-state index contributed by atoms with van der Waals surface area (Å²) in [5, 5.41) is 0. The maximum atomic E-state index is 4.23. The van der Waals surface area contributed by atoms with E-state index in [9.17, 15) is 0 Å². The third-order valence-corrected chi connectivity index (χ3v) is 2.49. The zero-order valence-corrected chi connectivity index (χ0v) is 6.75. The molecule has 0 saturated heterocycles. The van der Waals surface area contributed by atoms with Crippen molar-refractivity contribution in [2.75, 3.05) is 0 Å². The van der Waals surface area contributed by atoms with Gasteiger partial charge in [0.15, 0.2) is 6.33 Å². The predicted molar refractivity (Wildman–Crippen MR) is 46.9 cm³/mol. The molecule has 2 nitrogen and oxygen atoms in total. The Hall–Kier alpha value is -1.31. The number of aryl methyl sites for hydroxylation is 2. The molecule has 0 spiro atoms. The number of aromatic nitrogens is 2. The van der Waals surface area contributed by atoms with Gasteiger partial charge < -0.3 is 4.57 Å². The molecule has 1 aromatic carbocycles. The molecular weight excluding hydrogens is 148 g/mol. The zero-order valence-electron chi connectivity index (χ0n) is 6.75. The molecule has 0 N–H and O–H groups in total. The van der Waals surface area contributed by atoms with Crippen LogP contribution in [0.4, 0.5) is 0 Å². The van der Waals surface area contributed by atoms with Crippen LogP contribution >= 0.6 is 0 Å². The Morgan fingerprint density at radius 3 is 3.42 bits per heavy atom. The monoisotopic (exact) mass is 157 g/mol. The summed E-state index contributed by atoms with van der Waals surface area (Å²) in [5.74, 6) is 0. The lowest BCUT2D eigenvalue weighted by molar-refractivity contribution is 0.628. The van der Waals surface area contributed by atoms with Gasteiger partial charge in [-0.05, 0) is 24.5 Å². The van der Waals surface area contributed by atoms with Crippen LogP contribution in [0.15, 0.2) is 18.2 Å². The second-order valence-electron chi connectivity index (χ2n) is 3.25. The highest BCUT2D eigenvalue weighted by molar-refractivity contribution is 5.79. The lowest BCUT2D eigenvalue weighted by Crippen LogP contribution is -2.06. The fourth-order valence-electron chi connectivity index (χ4n) is 1.94. The van der Waals surface area contributed by atoms with Gasteiger partial charge in [-0.1, -0.05) is 12.1 Å². The van der Waals surface area contributed by atoms with Crippen molar-refractivity contribution in [3.05, 3.63) is 30.1 Å². The highest BCUT2D eigenvalue weighted by Gasteiger charge is 2.11. The van der Waals surface area contributed by atoms with Crippen LogP contribution in [0, 0.1) is 6.33 Å². The molecule has 2 aromatic rings. The van der Waals surface area contributed by atoms with Gasteiger partial charge in [0.05, 0.1) is 11.0 Å². The van der Waals surface area contributed by atoms with Crippen molar-refractivity contribution in [2.45, 2.75) is 19.4 Å². The van der Waals surface area contributed by atoms with E-state index in [2.05, 4.69) is 34.1 Å². The molecular formula is C10H9N2. The van der Waals surface area contributed by atoms with Crippen molar-refractivity contribution in [1.82, 2.24) is 9.55 Å². The first kappa shape index (κ1) is 6.23. The van der Waals surface area contributed by atoms with Crippen LogP contribution in [0.25, 0.3) is 11.0 Å². The van der Waals surface area contributed by atoms with Crippen molar-refractivity contribution in [2.24, 2.45) is 0 Å². The minimum atomic E-state index is 1.08. The number of hydrogen-bond donors (Lipinski definition) is 0. The van der Waals surface area contributed by atoms with Crippen molar-refractivity contribution in [3.8, 4) is 0 Å². The molecule has 1 aromatic heterocycles. The Morgan fingerprint density at radius 1 is 1.42 bits per heavy atom. The molecule has 3 rings (SSSR count). The molecule has 1 radical (unpaired) electrons. The van der Waals surface area contributed by atoms with Crippen LogP contribution in [0.3, 0.4) is 0 Å². The van der Waals surface area contributed by atoms with E-state index < -0.39 is 0 Å². The standard InChI is InChI=1S/C10H9N2/c1-3-8-4-2-6-12-7-11-9(5-1)10(8)12/h1,3,5H,2,4,6H2. The lowest BCUT2D eigenvalue weighted by atomic mass is 10.1. The molecule has 0 saturated carbocycles. The topological polar surface area (TPSA) is 17.8 Å². The summed E-state index contributed by atoms with van der Waals surface area (Å²) in [6, 6.07) is 6.32. The van der Waals surface area contributed by atoms with E-state index in [1.807, 2.05) is 0 Å². The average molecular weight is 157 g/mol. The number of nitrogens with zero attached hydrogens (tertiary/aromatic N) is 2. The van der Waals surface area contributed by atoms with Gasteiger partial charge in [-0.2, -0.15) is 0 Å². The van der Waals surface area contributed by atoms with Gasteiger partial charge >= 0.3 is 0 Å². The normalized spacial score (nSPS) is 15.3. The van der Waals surface area contributed by atoms with E-state index in [1.54, 1.807) is 0 Å². The molecule has 0 bridgehead atoms. The number of hydrogen-bond acceptors (Lipinski definition) is 1. The van der Waals surface area contributed by atoms with E-state index in [0.29, 0.717) is 0 Å². The van der Waals surface area contributed by atoms with Gasteiger partial charge in [0.25, 0.3) is 0 Å². The van der Waals surface area contributed by atoms with E-state index in [-0.39, 0.29) is 0 Å². The number of imidazole rings is 1. The summed E-state index contributed by atoms with van der Waals surface area (Å²) in [5.41, 5.74) is 3.81. The van der Waals surface area contributed by atoms with E-state index >= 15 is 0 Å². The first-order valence-electron chi connectivity index (χ1n) is 4.31. The van der Waals surface area contributed by atoms with Gasteiger partial charge in [-0.15, -0.1) is 0 Å². The third kappa shape index (κ3) is 0.670. The molecule has 59 valence electrons. The molecule has 0 fully saturated rings. The number of para-hydroxylation sites is 1. The molecule has 2 heteroatoms. The highest BCUT2D eigenvalue weighted by Crippen LogP contribution is 2.23. The Bertz CT molecular complexity index is 428. The van der Waals surface area contributed by atoms with Crippen LogP contribution < -0.4 is 0 Å². The van der Waals surface area contributed by atoms with Crippen LogP contribution in [0.1, 0.15) is 12.0 Å². The van der Waals surface area contributed by atoms with Crippen molar-refractivity contribution >= 4 is 11.0 Å². The molecule has 12 heavy (non-hydrogen) atoms. The van der Waals surface area contributed by atoms with Gasteiger partial charge in [-0.3, -0.25) is 0 Å². The second-order valence-corrected chi connectivity index (χ2v) is 3.25. The summed E-state index contributed by atoms with van der Waals surface area (Å²) in [6.07, 6.45) is 5.43. The van der Waals surface area contributed by atoms with Crippen LogP contribution in [0.2, 0.25) is 0 Å². The summed E-state index contributed by atoms with van der Waals surface area (Å²) < 4.78 is 2.13. The minimum absolute atomic E-state index is 1.08. The maximum Gasteiger partial charge on any atom is 0.177 e. The number of rotatable bonds is 0. The first-order chi connectivity index (χ1) is 5.95. The Morgan fingerprint density at radius 2 is 2.42 bits per heavy atom. The SMILES string of the molecule is [c]1nc2cccc3c2n1CCC3. The van der Waals surface area contributed by atoms with Gasteiger partial charge in [0, 0.05) is 6.54 Å². The molecule has 0 aliphatic carbocycles. The van der Waals surface area contributed by atoms with E-state index in [4.69, 9.17) is 0 Å². The average Bonchev–Trinajstić information content (AvgIpc) is 2.52. The minimum Gasteiger partial charge on any atom is -0.321 e. The molecule has 1 aliphatic heterocycles. The molecule has 1 aliphatic rings. The fourth-order valence-corrected chi connectivity index (χ4v) is 1.94. The van der Waals surface area contributed by atoms with Gasteiger partial charge in [-0.25, -0.2) is 4.98 Å². The summed E-state index contributed by atoms with van der Waals surface area (Å²) in [6.45, 7) is 1.08. The van der Waals surface area contributed by atoms with E-state index in [1.165, 1.54) is 23.9 Å². The first-order valence-corrected chi connectivity index (χ1v) is 4.31. The summed E-state index contributed by atoms with van der Waals surface area (Å²) in [7, 11) is 0. The summed E-state index contributed by atoms with van der Waals surface area (Å²) in [4.78, 5) is 4.23. The van der Waals surface area contributed by atoms with Gasteiger partial charge in [0.1, 0.15) is 0 Å². The Kier molecular flexibility index (Phi) is 1.09. The van der Waals surface area contributed by atoms with Crippen molar-refractivity contribution in [3.63, 3.8) is 0 Å². The summed E-state index contributed by atoms with van der Waals surface area (Å²) >= 11 is 0. The van der Waals surface area contributed by atoms with Crippen molar-refractivity contribution in [1.29, 1.82) is 0 Å². The van der Waals surface area contributed by atoms with Crippen molar-refractivity contribution < 1.29 is 0 Å². The quantitative estimate of drug-likeness (QED) is 0.570. The third-order valence-electron chi connectivity index (χ3n) is 2.49. The smallest absolute Gasteiger partial charge is 0.177 e. The fraction of sp³-hybridized carbons (Fsp3) is 0.300. The molecule has 0 atom stereocenters. The number of benzene rings is 1. The Balaban J connectivity index is 2.50. The second kappa shape index (κ2) is 2.09. The predicted octanol–water partition coefficient (Wildman–Crippen LogP) is 1.78. The molecule has 0 amide bonds. The van der Waals surface area contributed by atoms with Crippen LogP contribution in [-0.2, 0) is 13.0 Å². The van der Waals surface area contributed by atoms with Gasteiger partial charge in [0.2, 0.25) is 0 Å².